The van der Waals surface area contributed by atoms with Gasteiger partial charge in [-0.15, -0.1) is 0 Å². The Hall–Kier alpha value is -0.371. The van der Waals surface area contributed by atoms with Gasteiger partial charge in [-0.1, -0.05) is 0 Å². The summed E-state index contributed by atoms with van der Waals surface area (Å²) in [7, 11) is 0. The molecular weight excluding hydrogens is 329 g/mol. The fourth-order valence-corrected chi connectivity index (χ4v) is 4.50. The minimum absolute atomic E-state index is 0.387. The average molecular weight is 341 g/mol. The zero-order valence-corrected chi connectivity index (χ0v) is 12.2. The first-order chi connectivity index (χ1) is 7.84. The predicted molar refractivity (Wildman–Crippen MR) is 71.0 cm³/mol. The number of halogens is 1. The molecule has 0 saturated heterocycles. The summed E-state index contributed by atoms with van der Waals surface area (Å²) in [5, 5.41) is 0. The molecule has 1 aromatic carbocycles. The first-order valence-corrected chi connectivity index (χ1v) is 7.99. The molecule has 2 aromatic rings. The van der Waals surface area contributed by atoms with E-state index in [0.717, 1.165) is 4.47 Å². The molecule has 0 atom stereocenters. The van der Waals surface area contributed by atoms with Gasteiger partial charge < -0.3 is 0 Å². The topological polar surface area (TPSA) is 12.9 Å². The third-order valence-electron chi connectivity index (χ3n) is 3.07. The molecule has 1 nitrogen and oxygen atoms in total. The van der Waals surface area contributed by atoms with E-state index >= 15 is 0 Å². The van der Waals surface area contributed by atoms with Crippen LogP contribution < -0.4 is 0 Å². The van der Waals surface area contributed by atoms with Crippen molar-refractivity contribution in [3.05, 3.63) is 38.7 Å². The van der Waals surface area contributed by atoms with Gasteiger partial charge in [0.05, 0.1) is 0 Å². The Labute approximate surface area is 110 Å². The molecule has 3 rings (SSSR count). The van der Waals surface area contributed by atoms with Crippen molar-refractivity contribution in [3.63, 3.8) is 0 Å². The number of nitrogens with zero attached hydrogens (tertiary/aromatic N) is 1. The molecule has 0 saturated carbocycles. The van der Waals surface area contributed by atoms with Crippen molar-refractivity contribution in [2.75, 3.05) is 0 Å². The van der Waals surface area contributed by atoms with Crippen molar-refractivity contribution in [2.45, 2.75) is 25.7 Å². The molecule has 1 heterocycles. The summed E-state index contributed by atoms with van der Waals surface area (Å²) in [6, 6.07) is 8.55. The summed E-state index contributed by atoms with van der Waals surface area (Å²) in [4.78, 5) is 0. The van der Waals surface area contributed by atoms with Gasteiger partial charge in [0.2, 0.25) is 0 Å². The van der Waals surface area contributed by atoms with Gasteiger partial charge in [0.1, 0.15) is 0 Å². The van der Waals surface area contributed by atoms with Crippen LogP contribution in [0.5, 0.6) is 0 Å². The van der Waals surface area contributed by atoms with Crippen LogP contribution in [0.15, 0.2) is 28.7 Å². The van der Waals surface area contributed by atoms with Gasteiger partial charge in [-0.25, -0.2) is 0 Å². The van der Waals surface area contributed by atoms with Crippen LogP contribution in [0.1, 0.15) is 22.8 Å². The predicted octanol–water partition coefficient (Wildman–Crippen LogP) is 3.45. The fraction of sp³-hybridized carbons (Fsp3) is 0.308. The third-order valence-corrected chi connectivity index (χ3v) is 5.58. The van der Waals surface area contributed by atoms with Crippen LogP contribution in [0.4, 0.5) is 0 Å². The van der Waals surface area contributed by atoms with E-state index in [1.807, 2.05) is 0 Å². The van der Waals surface area contributed by atoms with E-state index < -0.39 is 0 Å². The molecule has 0 spiro atoms. The van der Waals surface area contributed by atoms with Crippen molar-refractivity contribution < 1.29 is 0 Å². The van der Waals surface area contributed by atoms with E-state index in [1.165, 1.54) is 36.9 Å². The average Bonchev–Trinajstić information content (AvgIpc) is 2.74. The second-order valence-corrected chi connectivity index (χ2v) is 6.86. The molecule has 0 fully saturated rings. The van der Waals surface area contributed by atoms with Gasteiger partial charge >= 0.3 is 110 Å². The van der Waals surface area contributed by atoms with Crippen LogP contribution >= 0.6 is 15.9 Å². The molecule has 0 radical (unpaired) electrons. The normalized spacial score (nSPS) is 14.8. The minimum atomic E-state index is 0.387. The molecule has 1 aromatic heterocycles. The van der Waals surface area contributed by atoms with Crippen molar-refractivity contribution >= 4 is 30.7 Å². The van der Waals surface area contributed by atoms with Crippen LogP contribution in [0.3, 0.4) is 0 Å². The zero-order valence-electron chi connectivity index (χ0n) is 8.87. The molecule has 0 bridgehead atoms. The van der Waals surface area contributed by atoms with Gasteiger partial charge in [-0.05, 0) is 0 Å². The van der Waals surface area contributed by atoms with Gasteiger partial charge in [-0.2, -0.15) is 0 Å². The van der Waals surface area contributed by atoms with Crippen LogP contribution in [0, 0.1) is 0 Å². The van der Waals surface area contributed by atoms with E-state index in [-0.39, 0.29) is 0 Å². The van der Waals surface area contributed by atoms with E-state index in [9.17, 15) is 0 Å². The Balaban J connectivity index is 2.06. The number of aryl methyl sites for hydroxylation is 1. The monoisotopic (exact) mass is 341 g/mol. The van der Waals surface area contributed by atoms with Crippen molar-refractivity contribution in [1.82, 2.24) is 3.98 Å². The first-order valence-electron chi connectivity index (χ1n) is 5.58. The molecule has 0 amide bonds. The molecule has 0 unspecified atom stereocenters. The van der Waals surface area contributed by atoms with E-state index in [4.69, 9.17) is 3.98 Å². The quantitative estimate of drug-likeness (QED) is 0.724. The van der Waals surface area contributed by atoms with Crippen molar-refractivity contribution in [3.8, 4) is 11.3 Å². The van der Waals surface area contributed by atoms with E-state index in [1.54, 1.807) is 10.0 Å². The van der Waals surface area contributed by atoms with E-state index in [0.29, 0.717) is 14.7 Å². The summed E-state index contributed by atoms with van der Waals surface area (Å²) >= 11 is 3.86. The van der Waals surface area contributed by atoms with Gasteiger partial charge in [0.15, 0.2) is 0 Å². The molecule has 0 N–H and O–H groups in total. The van der Waals surface area contributed by atoms with E-state index in [2.05, 4.69) is 40.2 Å². The Kier molecular flexibility index (Phi) is 3.01. The Bertz CT molecular complexity index is 501. The summed E-state index contributed by atoms with van der Waals surface area (Å²) < 4.78 is 7.56. The van der Waals surface area contributed by atoms with Crippen LogP contribution in [0.2, 0.25) is 0 Å². The Morgan fingerprint density at radius 2 is 1.81 bits per heavy atom. The maximum atomic E-state index is 4.77. The molecule has 16 heavy (non-hydrogen) atoms. The van der Waals surface area contributed by atoms with Gasteiger partial charge in [-0.3, -0.25) is 0 Å². The number of benzene rings is 1. The van der Waals surface area contributed by atoms with Gasteiger partial charge in [0, 0.05) is 0 Å². The number of hydrogen-bond donors (Lipinski definition) is 0. The van der Waals surface area contributed by atoms with Crippen LogP contribution in [-0.4, -0.2) is 18.7 Å². The second-order valence-electron chi connectivity index (χ2n) is 4.15. The van der Waals surface area contributed by atoms with Crippen LogP contribution in [0.25, 0.3) is 11.3 Å². The SMILES string of the molecule is Brc1ccc(-c2n[se]c3c2CCCC3)cc1. The molecule has 1 aliphatic carbocycles. The summed E-state index contributed by atoms with van der Waals surface area (Å²) in [6.45, 7) is 0. The zero-order chi connectivity index (χ0) is 11.0. The number of aromatic nitrogens is 1. The maximum absolute atomic E-state index is 4.77. The number of hydrogen-bond acceptors (Lipinski definition) is 1. The molecule has 0 aliphatic heterocycles. The Morgan fingerprint density at radius 3 is 2.62 bits per heavy atom. The molecule has 1 aliphatic rings. The number of rotatable bonds is 1. The van der Waals surface area contributed by atoms with Crippen molar-refractivity contribution in [1.29, 1.82) is 0 Å². The fourth-order valence-electron chi connectivity index (χ4n) is 2.22. The second kappa shape index (κ2) is 4.48. The summed E-state index contributed by atoms with van der Waals surface area (Å²) in [5.41, 5.74) is 4.13. The van der Waals surface area contributed by atoms with Crippen LogP contribution in [-0.2, 0) is 12.8 Å². The molecule has 3 heteroatoms. The van der Waals surface area contributed by atoms with Gasteiger partial charge in [0.25, 0.3) is 0 Å². The number of fused-ring (bicyclic) bond motifs is 1. The molecule has 82 valence electrons. The molecular formula is C13H12BrNSe. The first kappa shape index (κ1) is 10.8. The van der Waals surface area contributed by atoms with Crippen molar-refractivity contribution in [2.24, 2.45) is 0 Å². The Morgan fingerprint density at radius 1 is 1.06 bits per heavy atom. The third kappa shape index (κ3) is 1.92. The summed E-state index contributed by atoms with van der Waals surface area (Å²) in [5.74, 6) is 0. The summed E-state index contributed by atoms with van der Waals surface area (Å²) in [6.07, 6.45) is 5.24. The standard InChI is InChI=1S/C13H12BrNSe/c14-10-7-5-9(6-8-10)13-11-3-1-2-4-12(11)16-15-13/h5-8H,1-4H2.